The molecule has 120 valence electrons. The summed E-state index contributed by atoms with van der Waals surface area (Å²) in [5.41, 5.74) is 1.09. The second-order valence-corrected chi connectivity index (χ2v) is 6.22. The van der Waals surface area contributed by atoms with E-state index in [1.165, 1.54) is 25.7 Å². The zero-order chi connectivity index (χ0) is 15.2. The van der Waals surface area contributed by atoms with E-state index >= 15 is 0 Å². The van der Waals surface area contributed by atoms with Gasteiger partial charge >= 0.3 is 0 Å². The van der Waals surface area contributed by atoms with Crippen LogP contribution in [0.4, 0.5) is 5.82 Å². The van der Waals surface area contributed by atoms with Crippen LogP contribution in [-0.4, -0.2) is 37.2 Å². The van der Waals surface area contributed by atoms with Crippen molar-refractivity contribution in [2.24, 2.45) is 5.92 Å². The summed E-state index contributed by atoms with van der Waals surface area (Å²) in [6.45, 7) is 3.76. The minimum Gasteiger partial charge on any atom is -0.378 e. The van der Waals surface area contributed by atoms with Gasteiger partial charge in [-0.25, -0.2) is 4.98 Å². The van der Waals surface area contributed by atoms with Gasteiger partial charge in [0, 0.05) is 37.8 Å². The van der Waals surface area contributed by atoms with Crippen molar-refractivity contribution >= 4 is 11.7 Å². The number of carbonyl (C=O) groups is 1. The maximum Gasteiger partial charge on any atom is 0.220 e. The lowest BCUT2D eigenvalue weighted by molar-refractivity contribution is -0.122. The van der Waals surface area contributed by atoms with E-state index in [2.05, 4.69) is 15.2 Å². The Kier molecular flexibility index (Phi) is 5.27. The summed E-state index contributed by atoms with van der Waals surface area (Å²) in [7, 11) is 0. The molecular weight excluding hydrogens is 278 g/mol. The van der Waals surface area contributed by atoms with Gasteiger partial charge in [-0.15, -0.1) is 0 Å². The zero-order valence-corrected chi connectivity index (χ0v) is 13.1. The van der Waals surface area contributed by atoms with Crippen molar-refractivity contribution in [3.05, 3.63) is 23.9 Å². The summed E-state index contributed by atoms with van der Waals surface area (Å²) in [4.78, 5) is 18.8. The van der Waals surface area contributed by atoms with E-state index in [4.69, 9.17) is 4.74 Å². The molecule has 0 unspecified atom stereocenters. The largest absolute Gasteiger partial charge is 0.378 e. The lowest BCUT2D eigenvalue weighted by Crippen LogP contribution is -2.38. The van der Waals surface area contributed by atoms with Gasteiger partial charge in [0.15, 0.2) is 0 Å². The number of morpholine rings is 1. The molecule has 1 amide bonds. The third-order valence-corrected chi connectivity index (χ3v) is 4.60. The van der Waals surface area contributed by atoms with Gasteiger partial charge in [0.25, 0.3) is 0 Å². The molecular formula is C17H25N3O2. The van der Waals surface area contributed by atoms with E-state index in [9.17, 15) is 4.79 Å². The molecule has 1 N–H and O–H groups in total. The second kappa shape index (κ2) is 7.58. The monoisotopic (exact) mass is 303 g/mol. The van der Waals surface area contributed by atoms with Crippen LogP contribution in [-0.2, 0) is 16.1 Å². The molecule has 2 heterocycles. The number of nitrogens with one attached hydrogen (secondary N) is 1. The highest BCUT2D eigenvalue weighted by molar-refractivity contribution is 5.76. The van der Waals surface area contributed by atoms with Crippen molar-refractivity contribution in [2.45, 2.75) is 38.6 Å². The first kappa shape index (κ1) is 15.3. The Morgan fingerprint density at radius 2 is 2.09 bits per heavy atom. The van der Waals surface area contributed by atoms with Gasteiger partial charge in [-0.2, -0.15) is 0 Å². The number of pyridine rings is 1. The number of amides is 1. The smallest absolute Gasteiger partial charge is 0.220 e. The van der Waals surface area contributed by atoms with Crippen molar-refractivity contribution in [3.63, 3.8) is 0 Å². The summed E-state index contributed by atoms with van der Waals surface area (Å²) < 4.78 is 5.39. The van der Waals surface area contributed by atoms with Gasteiger partial charge in [0.2, 0.25) is 5.91 Å². The standard InChI is InChI=1S/C17H25N3O2/c21-16(12-14-4-1-2-5-14)19-13-15-6-3-7-18-17(15)20-8-10-22-11-9-20/h3,6-7,14H,1-2,4-5,8-13H2,(H,19,21). The highest BCUT2D eigenvalue weighted by atomic mass is 16.5. The van der Waals surface area contributed by atoms with Gasteiger partial charge < -0.3 is 15.0 Å². The fourth-order valence-corrected chi connectivity index (χ4v) is 3.37. The molecule has 0 aromatic carbocycles. The van der Waals surface area contributed by atoms with Gasteiger partial charge in [0.1, 0.15) is 5.82 Å². The van der Waals surface area contributed by atoms with Crippen LogP contribution in [0.2, 0.25) is 0 Å². The van der Waals surface area contributed by atoms with Crippen LogP contribution in [0.15, 0.2) is 18.3 Å². The Hall–Kier alpha value is -1.62. The van der Waals surface area contributed by atoms with Crippen LogP contribution < -0.4 is 10.2 Å². The Morgan fingerprint density at radius 1 is 1.32 bits per heavy atom. The summed E-state index contributed by atoms with van der Waals surface area (Å²) in [6, 6.07) is 3.98. The normalized spacial score (nSPS) is 19.4. The van der Waals surface area contributed by atoms with Crippen molar-refractivity contribution < 1.29 is 9.53 Å². The van der Waals surface area contributed by atoms with Crippen LogP contribution in [0.3, 0.4) is 0 Å². The summed E-state index contributed by atoms with van der Waals surface area (Å²) in [6.07, 6.45) is 7.46. The Balaban J connectivity index is 1.56. The number of nitrogens with zero attached hydrogens (tertiary/aromatic N) is 2. The van der Waals surface area contributed by atoms with E-state index in [0.717, 1.165) is 37.7 Å². The molecule has 2 aliphatic rings. The predicted octanol–water partition coefficient (Wildman–Crippen LogP) is 2.11. The Labute approximate surface area is 132 Å². The van der Waals surface area contributed by atoms with Crippen LogP contribution >= 0.6 is 0 Å². The molecule has 1 aromatic heterocycles. The second-order valence-electron chi connectivity index (χ2n) is 6.22. The summed E-state index contributed by atoms with van der Waals surface area (Å²) >= 11 is 0. The molecule has 2 fully saturated rings. The number of aromatic nitrogens is 1. The lowest BCUT2D eigenvalue weighted by atomic mass is 10.0. The first-order valence-corrected chi connectivity index (χ1v) is 8.36. The number of hydrogen-bond acceptors (Lipinski definition) is 4. The molecule has 3 rings (SSSR count). The van der Waals surface area contributed by atoms with Crippen LogP contribution in [0, 0.1) is 5.92 Å². The van der Waals surface area contributed by atoms with Crippen molar-refractivity contribution in [1.29, 1.82) is 0 Å². The zero-order valence-electron chi connectivity index (χ0n) is 13.1. The maximum atomic E-state index is 12.1. The van der Waals surface area contributed by atoms with Gasteiger partial charge in [-0.1, -0.05) is 18.9 Å². The van der Waals surface area contributed by atoms with E-state index in [-0.39, 0.29) is 5.91 Å². The minimum absolute atomic E-state index is 0.170. The highest BCUT2D eigenvalue weighted by Crippen LogP contribution is 2.27. The van der Waals surface area contributed by atoms with Crippen LogP contribution in [0.1, 0.15) is 37.7 Å². The molecule has 1 aliphatic heterocycles. The Bertz CT molecular complexity index is 494. The first-order valence-electron chi connectivity index (χ1n) is 8.36. The van der Waals surface area contributed by atoms with Gasteiger partial charge in [-0.05, 0) is 24.8 Å². The molecule has 1 aliphatic carbocycles. The van der Waals surface area contributed by atoms with E-state index in [1.807, 2.05) is 18.3 Å². The highest BCUT2D eigenvalue weighted by Gasteiger charge is 2.19. The Morgan fingerprint density at radius 3 is 2.86 bits per heavy atom. The average molecular weight is 303 g/mol. The van der Waals surface area contributed by atoms with E-state index < -0.39 is 0 Å². The molecule has 1 aromatic rings. The van der Waals surface area contributed by atoms with Crippen LogP contribution in [0.5, 0.6) is 0 Å². The molecule has 0 spiro atoms. The van der Waals surface area contributed by atoms with Gasteiger partial charge in [0.05, 0.1) is 13.2 Å². The fourth-order valence-electron chi connectivity index (χ4n) is 3.37. The summed E-state index contributed by atoms with van der Waals surface area (Å²) in [5.74, 6) is 1.74. The third-order valence-electron chi connectivity index (χ3n) is 4.60. The number of carbonyl (C=O) groups excluding carboxylic acids is 1. The average Bonchev–Trinajstić information content (AvgIpc) is 3.07. The maximum absolute atomic E-state index is 12.1. The molecule has 0 atom stereocenters. The van der Waals surface area contributed by atoms with Crippen molar-refractivity contribution in [1.82, 2.24) is 10.3 Å². The molecule has 0 radical (unpaired) electrons. The molecule has 22 heavy (non-hydrogen) atoms. The number of rotatable bonds is 5. The molecule has 5 heteroatoms. The number of anilines is 1. The van der Waals surface area contributed by atoms with Gasteiger partial charge in [-0.3, -0.25) is 4.79 Å². The van der Waals surface area contributed by atoms with E-state index in [0.29, 0.717) is 18.9 Å². The number of ether oxygens (including phenoxy) is 1. The van der Waals surface area contributed by atoms with Crippen molar-refractivity contribution in [2.75, 3.05) is 31.2 Å². The van der Waals surface area contributed by atoms with Crippen LogP contribution in [0.25, 0.3) is 0 Å². The lowest BCUT2D eigenvalue weighted by Gasteiger charge is -2.29. The molecule has 0 bridgehead atoms. The molecule has 1 saturated heterocycles. The fraction of sp³-hybridized carbons (Fsp3) is 0.647. The minimum atomic E-state index is 0.170. The number of hydrogen-bond donors (Lipinski definition) is 1. The SMILES string of the molecule is O=C(CC1CCCC1)NCc1cccnc1N1CCOCC1. The summed E-state index contributed by atoms with van der Waals surface area (Å²) in [5, 5.41) is 3.07. The first-order chi connectivity index (χ1) is 10.8. The molecule has 5 nitrogen and oxygen atoms in total. The third kappa shape index (κ3) is 3.97. The van der Waals surface area contributed by atoms with E-state index in [1.54, 1.807) is 0 Å². The van der Waals surface area contributed by atoms with Crippen molar-refractivity contribution in [3.8, 4) is 0 Å². The predicted molar refractivity (Wildman–Crippen MR) is 85.7 cm³/mol. The quantitative estimate of drug-likeness (QED) is 0.905. The molecule has 1 saturated carbocycles. The topological polar surface area (TPSA) is 54.5 Å².